The van der Waals surface area contributed by atoms with E-state index in [-0.39, 0.29) is 11.9 Å². The van der Waals surface area contributed by atoms with Gasteiger partial charge in [0.1, 0.15) is 18.7 Å². The molecule has 1 fully saturated rings. The molecular weight excluding hydrogens is 314 g/mol. The first kappa shape index (κ1) is 17.6. The molecule has 0 N–H and O–H groups in total. The highest BCUT2D eigenvalue weighted by atomic mass is 16.2. The van der Waals surface area contributed by atoms with Gasteiger partial charge >= 0.3 is 0 Å². The summed E-state index contributed by atoms with van der Waals surface area (Å²) in [6.45, 7) is 7.27. The Labute approximate surface area is 149 Å². The van der Waals surface area contributed by atoms with E-state index in [1.807, 2.05) is 41.6 Å². The van der Waals surface area contributed by atoms with Crippen molar-refractivity contribution in [1.82, 2.24) is 24.6 Å². The summed E-state index contributed by atoms with van der Waals surface area (Å²) < 4.78 is 1.87. The van der Waals surface area contributed by atoms with Crippen LogP contribution in [0.15, 0.2) is 43.0 Å². The average Bonchev–Trinajstić information content (AvgIpc) is 3.30. The molecule has 1 aliphatic rings. The highest BCUT2D eigenvalue weighted by molar-refractivity contribution is 5.83. The number of carbonyl (C=O) groups is 1. The first-order valence-electron chi connectivity index (χ1n) is 9.16. The maximum absolute atomic E-state index is 13.3. The van der Waals surface area contributed by atoms with Crippen molar-refractivity contribution in [3.8, 4) is 0 Å². The van der Waals surface area contributed by atoms with Crippen molar-refractivity contribution in [3.63, 3.8) is 0 Å². The number of hydrogen-bond donors (Lipinski definition) is 0. The van der Waals surface area contributed by atoms with E-state index < -0.39 is 0 Å². The molecule has 1 saturated heterocycles. The Morgan fingerprint density at radius 2 is 2.04 bits per heavy atom. The van der Waals surface area contributed by atoms with Crippen LogP contribution in [-0.4, -0.2) is 56.1 Å². The van der Waals surface area contributed by atoms with Gasteiger partial charge in [-0.1, -0.05) is 30.3 Å². The van der Waals surface area contributed by atoms with Gasteiger partial charge in [0, 0.05) is 19.1 Å². The molecule has 2 heterocycles. The number of hydrogen-bond acceptors (Lipinski definition) is 4. The number of aromatic nitrogens is 3. The number of likely N-dealkylation sites (tertiary alicyclic amines) is 1. The van der Waals surface area contributed by atoms with E-state index in [0.717, 1.165) is 44.6 Å². The van der Waals surface area contributed by atoms with Crippen LogP contribution >= 0.6 is 0 Å². The topological polar surface area (TPSA) is 54.3 Å². The van der Waals surface area contributed by atoms with Crippen molar-refractivity contribution in [2.75, 3.05) is 19.6 Å². The summed E-state index contributed by atoms with van der Waals surface area (Å²) in [5.41, 5.74) is 1.07. The number of carbonyl (C=O) groups excluding carboxylic acids is 1. The van der Waals surface area contributed by atoms with Gasteiger partial charge in [0.05, 0.1) is 6.54 Å². The zero-order chi connectivity index (χ0) is 17.6. The summed E-state index contributed by atoms with van der Waals surface area (Å²) in [5.74, 6) is 0.196. The van der Waals surface area contributed by atoms with Crippen LogP contribution in [-0.2, 0) is 11.3 Å². The number of nitrogens with zero attached hydrogens (tertiary/aromatic N) is 5. The lowest BCUT2D eigenvalue weighted by Crippen LogP contribution is -2.46. The quantitative estimate of drug-likeness (QED) is 0.776. The molecule has 1 aliphatic heterocycles. The molecule has 134 valence electrons. The molecule has 6 nitrogen and oxygen atoms in total. The summed E-state index contributed by atoms with van der Waals surface area (Å²) in [6.07, 6.45) is 5.50. The zero-order valence-electron chi connectivity index (χ0n) is 15.1. The van der Waals surface area contributed by atoms with Crippen LogP contribution in [0, 0.1) is 0 Å². The Hall–Kier alpha value is -2.21. The number of amides is 1. The number of likely N-dealkylation sites (N-methyl/N-ethyl adjacent to an activating group) is 1. The second-order valence-electron chi connectivity index (χ2n) is 6.48. The van der Waals surface area contributed by atoms with E-state index in [2.05, 4.69) is 27.1 Å². The van der Waals surface area contributed by atoms with E-state index in [0.29, 0.717) is 6.04 Å². The maximum Gasteiger partial charge on any atom is 0.244 e. The molecular formula is C19H27N5O. The Kier molecular flexibility index (Phi) is 5.81. The number of rotatable bonds is 7. The lowest BCUT2D eigenvalue weighted by Gasteiger charge is -2.35. The third kappa shape index (κ3) is 3.90. The minimum atomic E-state index is -0.225. The van der Waals surface area contributed by atoms with Crippen LogP contribution in [0.2, 0.25) is 0 Å². The maximum atomic E-state index is 13.3. The molecule has 1 aromatic carbocycles. The fourth-order valence-corrected chi connectivity index (χ4v) is 3.76. The first-order valence-corrected chi connectivity index (χ1v) is 9.16. The standard InChI is InChI=1S/C19H27N5O/c1-3-22(4-2)19(25)18(16-9-6-5-7-10-16)24-12-8-11-17(24)13-23-15-20-14-21-23/h5-7,9-10,14-15,17-18H,3-4,8,11-13H2,1-2H3/t17-,18+/m0/s1. The third-order valence-electron chi connectivity index (χ3n) is 5.04. The van der Waals surface area contributed by atoms with E-state index in [4.69, 9.17) is 0 Å². The Morgan fingerprint density at radius 3 is 2.68 bits per heavy atom. The summed E-state index contributed by atoms with van der Waals surface area (Å²) >= 11 is 0. The van der Waals surface area contributed by atoms with Gasteiger partial charge in [-0.25, -0.2) is 4.98 Å². The smallest absolute Gasteiger partial charge is 0.244 e. The van der Waals surface area contributed by atoms with Gasteiger partial charge in [-0.2, -0.15) is 5.10 Å². The lowest BCUT2D eigenvalue weighted by molar-refractivity contribution is -0.137. The molecule has 2 atom stereocenters. The highest BCUT2D eigenvalue weighted by Crippen LogP contribution is 2.31. The Bertz CT molecular complexity index is 654. The van der Waals surface area contributed by atoms with Crippen LogP contribution in [0.5, 0.6) is 0 Å². The van der Waals surface area contributed by atoms with E-state index in [9.17, 15) is 4.79 Å². The molecule has 0 spiro atoms. The van der Waals surface area contributed by atoms with Gasteiger partial charge in [0.25, 0.3) is 0 Å². The van der Waals surface area contributed by atoms with Crippen LogP contribution < -0.4 is 0 Å². The van der Waals surface area contributed by atoms with Crippen molar-refractivity contribution in [3.05, 3.63) is 48.5 Å². The molecule has 1 aromatic heterocycles. The molecule has 2 aromatic rings. The minimum absolute atomic E-state index is 0.196. The van der Waals surface area contributed by atoms with E-state index in [1.165, 1.54) is 0 Å². The summed E-state index contributed by atoms with van der Waals surface area (Å²) in [4.78, 5) is 21.6. The summed E-state index contributed by atoms with van der Waals surface area (Å²) in [7, 11) is 0. The van der Waals surface area contributed by atoms with Crippen LogP contribution in [0.3, 0.4) is 0 Å². The zero-order valence-corrected chi connectivity index (χ0v) is 15.1. The fourth-order valence-electron chi connectivity index (χ4n) is 3.76. The van der Waals surface area contributed by atoms with E-state index >= 15 is 0 Å². The summed E-state index contributed by atoms with van der Waals surface area (Å²) in [5, 5.41) is 4.24. The van der Waals surface area contributed by atoms with Crippen LogP contribution in [0.4, 0.5) is 0 Å². The van der Waals surface area contributed by atoms with E-state index in [1.54, 1.807) is 12.7 Å². The second kappa shape index (κ2) is 8.25. The molecule has 0 unspecified atom stereocenters. The molecule has 0 bridgehead atoms. The molecule has 25 heavy (non-hydrogen) atoms. The molecule has 6 heteroatoms. The monoisotopic (exact) mass is 341 g/mol. The minimum Gasteiger partial charge on any atom is -0.342 e. The number of benzene rings is 1. The van der Waals surface area contributed by atoms with Gasteiger partial charge in [-0.05, 0) is 38.8 Å². The van der Waals surface area contributed by atoms with Gasteiger partial charge in [0.15, 0.2) is 0 Å². The molecule has 0 radical (unpaired) electrons. The van der Waals surface area contributed by atoms with Crippen molar-refractivity contribution in [1.29, 1.82) is 0 Å². The largest absolute Gasteiger partial charge is 0.342 e. The molecule has 3 rings (SSSR count). The molecule has 1 amide bonds. The van der Waals surface area contributed by atoms with Crippen LogP contribution in [0.25, 0.3) is 0 Å². The fraction of sp³-hybridized carbons (Fsp3) is 0.526. The van der Waals surface area contributed by atoms with Crippen molar-refractivity contribution >= 4 is 5.91 Å². The Balaban J connectivity index is 1.88. The third-order valence-corrected chi connectivity index (χ3v) is 5.04. The predicted octanol–water partition coefficient (Wildman–Crippen LogP) is 2.35. The Morgan fingerprint density at radius 1 is 1.28 bits per heavy atom. The van der Waals surface area contributed by atoms with Crippen molar-refractivity contribution in [2.45, 2.75) is 45.3 Å². The average molecular weight is 341 g/mol. The van der Waals surface area contributed by atoms with Gasteiger partial charge in [-0.3, -0.25) is 14.4 Å². The van der Waals surface area contributed by atoms with Gasteiger partial charge in [-0.15, -0.1) is 0 Å². The van der Waals surface area contributed by atoms with Crippen LogP contribution in [0.1, 0.15) is 38.3 Å². The van der Waals surface area contributed by atoms with Gasteiger partial charge in [0.2, 0.25) is 5.91 Å². The lowest BCUT2D eigenvalue weighted by atomic mass is 10.0. The normalized spacial score (nSPS) is 19.0. The van der Waals surface area contributed by atoms with Crippen molar-refractivity contribution in [2.24, 2.45) is 0 Å². The SMILES string of the molecule is CCN(CC)C(=O)[C@@H](c1ccccc1)N1CCC[C@H]1Cn1cncn1. The van der Waals surface area contributed by atoms with Crippen molar-refractivity contribution < 1.29 is 4.79 Å². The predicted molar refractivity (Wildman–Crippen MR) is 96.9 cm³/mol. The highest BCUT2D eigenvalue weighted by Gasteiger charge is 2.37. The van der Waals surface area contributed by atoms with Gasteiger partial charge < -0.3 is 4.90 Å². The summed E-state index contributed by atoms with van der Waals surface area (Å²) in [6, 6.07) is 10.2. The second-order valence-corrected chi connectivity index (χ2v) is 6.48. The molecule has 0 saturated carbocycles. The first-order chi connectivity index (χ1) is 12.2. The molecule has 0 aliphatic carbocycles.